The third-order valence-electron chi connectivity index (χ3n) is 4.76. The number of unbranched alkanes of at least 4 members (excludes halogenated alkanes) is 9. The first-order valence-corrected chi connectivity index (χ1v) is 10.8. The summed E-state index contributed by atoms with van der Waals surface area (Å²) in [6.07, 6.45) is 20.3. The smallest absolute Gasteiger partial charge is 0.222 e. The van der Waals surface area contributed by atoms with Crippen molar-refractivity contribution >= 4 is 5.91 Å². The normalized spacial score (nSPS) is 12.0. The second-order valence-corrected chi connectivity index (χ2v) is 8.78. The monoisotopic (exact) mass is 351 g/mol. The Bertz CT molecular complexity index is 340. The van der Waals surface area contributed by atoms with Crippen molar-refractivity contribution in [3.8, 4) is 0 Å². The minimum Gasteiger partial charge on any atom is -0.342 e. The SMILES string of the molecule is CCCCCC/C=C\CN(C)C(=O)CCCCCCCCC(C)(C)C. The van der Waals surface area contributed by atoms with Crippen LogP contribution in [-0.4, -0.2) is 24.4 Å². The number of allylic oxidation sites excluding steroid dienone is 1. The maximum Gasteiger partial charge on any atom is 0.222 e. The summed E-state index contributed by atoms with van der Waals surface area (Å²) < 4.78 is 0. The van der Waals surface area contributed by atoms with Crippen LogP contribution in [0.2, 0.25) is 0 Å². The minimum atomic E-state index is 0.295. The van der Waals surface area contributed by atoms with Crippen LogP contribution in [0.1, 0.15) is 111 Å². The molecule has 0 aliphatic heterocycles. The molecule has 0 radical (unpaired) electrons. The van der Waals surface area contributed by atoms with Gasteiger partial charge in [-0.15, -0.1) is 0 Å². The number of hydrogen-bond acceptors (Lipinski definition) is 1. The molecule has 25 heavy (non-hydrogen) atoms. The van der Waals surface area contributed by atoms with E-state index in [9.17, 15) is 4.79 Å². The van der Waals surface area contributed by atoms with E-state index < -0.39 is 0 Å². The van der Waals surface area contributed by atoms with E-state index in [1.165, 1.54) is 64.2 Å². The zero-order chi connectivity index (χ0) is 19.0. The fraction of sp³-hybridized carbons (Fsp3) is 0.870. The summed E-state index contributed by atoms with van der Waals surface area (Å²) in [5.41, 5.74) is 0.473. The molecule has 148 valence electrons. The number of likely N-dealkylation sites (N-methyl/N-ethyl adjacent to an activating group) is 1. The van der Waals surface area contributed by atoms with E-state index in [1.54, 1.807) is 0 Å². The van der Waals surface area contributed by atoms with Gasteiger partial charge in [0, 0.05) is 20.0 Å². The van der Waals surface area contributed by atoms with Crippen LogP contribution in [0.3, 0.4) is 0 Å². The molecule has 2 heteroatoms. The number of nitrogens with zero attached hydrogens (tertiary/aromatic N) is 1. The molecule has 0 saturated carbocycles. The summed E-state index contributed by atoms with van der Waals surface area (Å²) in [4.78, 5) is 14.0. The van der Waals surface area contributed by atoms with Crippen LogP contribution >= 0.6 is 0 Å². The summed E-state index contributed by atoms with van der Waals surface area (Å²) in [6, 6.07) is 0. The van der Waals surface area contributed by atoms with Gasteiger partial charge < -0.3 is 4.90 Å². The predicted molar refractivity (Wildman–Crippen MR) is 112 cm³/mol. The van der Waals surface area contributed by atoms with E-state index in [0.717, 1.165) is 19.4 Å². The first kappa shape index (κ1) is 24.2. The summed E-state index contributed by atoms with van der Waals surface area (Å²) in [6.45, 7) is 9.95. The fourth-order valence-corrected chi connectivity index (χ4v) is 2.97. The lowest BCUT2D eigenvalue weighted by molar-refractivity contribution is -0.129. The zero-order valence-electron chi connectivity index (χ0n) is 17.9. The highest BCUT2D eigenvalue weighted by atomic mass is 16.2. The van der Waals surface area contributed by atoms with Crippen molar-refractivity contribution in [1.29, 1.82) is 0 Å². The molecule has 2 nitrogen and oxygen atoms in total. The minimum absolute atomic E-state index is 0.295. The van der Waals surface area contributed by atoms with Gasteiger partial charge in [0.25, 0.3) is 0 Å². The van der Waals surface area contributed by atoms with Crippen molar-refractivity contribution in [2.75, 3.05) is 13.6 Å². The number of carbonyl (C=O) groups is 1. The zero-order valence-corrected chi connectivity index (χ0v) is 17.9. The van der Waals surface area contributed by atoms with E-state index >= 15 is 0 Å². The van der Waals surface area contributed by atoms with Gasteiger partial charge >= 0.3 is 0 Å². The Morgan fingerprint density at radius 2 is 1.44 bits per heavy atom. The van der Waals surface area contributed by atoms with Crippen LogP contribution in [-0.2, 0) is 4.79 Å². The van der Waals surface area contributed by atoms with Gasteiger partial charge in [-0.25, -0.2) is 0 Å². The lowest BCUT2D eigenvalue weighted by atomic mass is 9.89. The topological polar surface area (TPSA) is 20.3 Å². The Labute approximate surface area is 158 Å². The quantitative estimate of drug-likeness (QED) is 0.227. The van der Waals surface area contributed by atoms with Gasteiger partial charge in [-0.2, -0.15) is 0 Å². The third kappa shape index (κ3) is 17.8. The van der Waals surface area contributed by atoms with Crippen molar-refractivity contribution < 1.29 is 4.79 Å². The molecule has 0 fully saturated rings. The third-order valence-corrected chi connectivity index (χ3v) is 4.76. The molecule has 0 N–H and O–H groups in total. The molecular weight excluding hydrogens is 306 g/mol. The number of hydrogen-bond donors (Lipinski definition) is 0. The van der Waals surface area contributed by atoms with Crippen LogP contribution < -0.4 is 0 Å². The van der Waals surface area contributed by atoms with E-state index in [1.807, 2.05) is 11.9 Å². The molecule has 0 aromatic heterocycles. The molecule has 0 unspecified atom stereocenters. The van der Waals surface area contributed by atoms with Gasteiger partial charge in [0.2, 0.25) is 5.91 Å². The van der Waals surface area contributed by atoms with E-state index in [-0.39, 0.29) is 0 Å². The molecule has 0 aromatic rings. The second-order valence-electron chi connectivity index (χ2n) is 8.78. The largest absolute Gasteiger partial charge is 0.342 e. The highest BCUT2D eigenvalue weighted by molar-refractivity contribution is 5.75. The Kier molecular flexibility index (Phi) is 15.0. The van der Waals surface area contributed by atoms with Crippen molar-refractivity contribution in [3.63, 3.8) is 0 Å². The van der Waals surface area contributed by atoms with Crippen LogP contribution in [0.4, 0.5) is 0 Å². The highest BCUT2D eigenvalue weighted by Gasteiger charge is 2.09. The van der Waals surface area contributed by atoms with Crippen molar-refractivity contribution in [3.05, 3.63) is 12.2 Å². The van der Waals surface area contributed by atoms with Gasteiger partial charge in [0.05, 0.1) is 0 Å². The van der Waals surface area contributed by atoms with Crippen LogP contribution in [0, 0.1) is 5.41 Å². The lowest BCUT2D eigenvalue weighted by Crippen LogP contribution is -2.26. The van der Waals surface area contributed by atoms with E-state index in [0.29, 0.717) is 17.7 Å². The van der Waals surface area contributed by atoms with E-state index in [2.05, 4.69) is 39.8 Å². The molecule has 0 bridgehead atoms. The average Bonchev–Trinajstić information content (AvgIpc) is 2.55. The molecule has 0 heterocycles. The predicted octanol–water partition coefficient (Wildman–Crippen LogP) is 7.14. The summed E-state index contributed by atoms with van der Waals surface area (Å²) in [5, 5.41) is 0. The van der Waals surface area contributed by atoms with Gasteiger partial charge in [0.1, 0.15) is 0 Å². The summed E-state index contributed by atoms with van der Waals surface area (Å²) in [5.74, 6) is 0.295. The maximum atomic E-state index is 12.1. The molecule has 0 aliphatic carbocycles. The van der Waals surface area contributed by atoms with Crippen LogP contribution in [0.15, 0.2) is 12.2 Å². The Morgan fingerprint density at radius 3 is 2.08 bits per heavy atom. The van der Waals surface area contributed by atoms with E-state index in [4.69, 9.17) is 0 Å². The van der Waals surface area contributed by atoms with Crippen LogP contribution in [0.5, 0.6) is 0 Å². The number of carbonyl (C=O) groups excluding carboxylic acids is 1. The standard InChI is InChI=1S/C23H45NO/c1-6-7-8-9-12-15-18-21-24(5)22(25)19-16-13-10-11-14-17-20-23(2,3)4/h15,18H,6-14,16-17,19-21H2,1-5H3/b18-15-. The molecule has 0 rings (SSSR count). The van der Waals surface area contributed by atoms with Crippen molar-refractivity contribution in [1.82, 2.24) is 4.90 Å². The molecule has 1 amide bonds. The molecule has 0 aromatic carbocycles. The number of amides is 1. The molecule has 0 atom stereocenters. The maximum absolute atomic E-state index is 12.1. The number of rotatable bonds is 15. The molecule has 0 spiro atoms. The van der Waals surface area contributed by atoms with Crippen molar-refractivity contribution in [2.24, 2.45) is 5.41 Å². The summed E-state index contributed by atoms with van der Waals surface area (Å²) >= 11 is 0. The molecule has 0 aliphatic rings. The summed E-state index contributed by atoms with van der Waals surface area (Å²) in [7, 11) is 1.93. The lowest BCUT2D eigenvalue weighted by Gasteiger charge is -2.17. The van der Waals surface area contributed by atoms with Gasteiger partial charge in [-0.1, -0.05) is 91.2 Å². The highest BCUT2D eigenvalue weighted by Crippen LogP contribution is 2.22. The fourth-order valence-electron chi connectivity index (χ4n) is 2.97. The van der Waals surface area contributed by atoms with Crippen molar-refractivity contribution in [2.45, 2.75) is 111 Å². The molecular formula is C23H45NO. The average molecular weight is 352 g/mol. The van der Waals surface area contributed by atoms with Gasteiger partial charge in [-0.05, 0) is 31.1 Å². The Morgan fingerprint density at radius 1 is 0.840 bits per heavy atom. The Hall–Kier alpha value is -0.790. The second kappa shape index (κ2) is 15.5. The van der Waals surface area contributed by atoms with Gasteiger partial charge in [0.15, 0.2) is 0 Å². The van der Waals surface area contributed by atoms with Crippen LogP contribution in [0.25, 0.3) is 0 Å². The van der Waals surface area contributed by atoms with Gasteiger partial charge in [-0.3, -0.25) is 4.79 Å². The first-order chi connectivity index (χ1) is 11.9. The Balaban J connectivity index is 3.51. The molecule has 0 saturated heterocycles. The first-order valence-electron chi connectivity index (χ1n) is 10.8.